The van der Waals surface area contributed by atoms with Gasteiger partial charge in [-0.1, -0.05) is 20.8 Å². The molecule has 0 unspecified atom stereocenters. The van der Waals surface area contributed by atoms with Gasteiger partial charge in [-0.15, -0.1) is 11.3 Å². The average molecular weight is 372 g/mol. The molecule has 0 spiro atoms. The second-order valence-electron chi connectivity index (χ2n) is 7.53. The Morgan fingerprint density at radius 2 is 1.96 bits per heavy atom. The minimum atomic E-state index is -0.196. The van der Waals surface area contributed by atoms with Crippen molar-refractivity contribution in [2.75, 3.05) is 11.9 Å². The van der Waals surface area contributed by atoms with E-state index in [4.69, 9.17) is 0 Å². The van der Waals surface area contributed by atoms with Gasteiger partial charge in [0.1, 0.15) is 5.82 Å². The molecule has 3 heterocycles. The molecule has 138 valence electrons. The zero-order valence-electron chi connectivity index (χ0n) is 15.4. The number of anilines is 1. The molecular weight excluding hydrogens is 348 g/mol. The highest BCUT2D eigenvalue weighted by Gasteiger charge is 2.22. The largest absolute Gasteiger partial charge is 0.338 e. The van der Waals surface area contributed by atoms with Crippen LogP contribution in [0.5, 0.6) is 0 Å². The van der Waals surface area contributed by atoms with Crippen LogP contribution in [-0.4, -0.2) is 33.2 Å². The van der Waals surface area contributed by atoms with Crippen LogP contribution in [0.4, 0.5) is 5.69 Å². The minimum Gasteiger partial charge on any atom is -0.338 e. The topological polar surface area (TPSA) is 75.2 Å². The number of rotatable bonds is 4. The predicted octanol–water partition coefficient (Wildman–Crippen LogP) is 3.14. The molecule has 1 aliphatic heterocycles. The van der Waals surface area contributed by atoms with Crippen molar-refractivity contribution in [3.8, 4) is 0 Å². The van der Waals surface area contributed by atoms with Crippen LogP contribution in [0.25, 0.3) is 0 Å². The number of carbonyl (C=O) groups is 2. The van der Waals surface area contributed by atoms with Crippen LogP contribution >= 0.6 is 11.3 Å². The van der Waals surface area contributed by atoms with E-state index in [2.05, 4.69) is 26.7 Å². The highest BCUT2D eigenvalue weighted by Crippen LogP contribution is 2.24. The molecule has 1 N–H and O–H groups in total. The van der Waals surface area contributed by atoms with Crippen molar-refractivity contribution in [1.29, 1.82) is 0 Å². The van der Waals surface area contributed by atoms with E-state index in [-0.39, 0.29) is 30.1 Å². The summed E-state index contributed by atoms with van der Waals surface area (Å²) in [6.45, 7) is 7.49. The molecule has 2 amide bonds. The Kier molecular flexibility index (Phi) is 5.36. The molecule has 0 atom stereocenters. The summed E-state index contributed by atoms with van der Waals surface area (Å²) >= 11 is 1.75. The summed E-state index contributed by atoms with van der Waals surface area (Å²) in [5.74, 6) is 0.554. The third-order valence-corrected chi connectivity index (χ3v) is 5.36. The monoisotopic (exact) mass is 372 g/mol. The Morgan fingerprint density at radius 1 is 1.23 bits per heavy atom. The number of hydrogen-bond donors (Lipinski definition) is 1. The van der Waals surface area contributed by atoms with Gasteiger partial charge in [0.2, 0.25) is 11.8 Å². The fourth-order valence-electron chi connectivity index (χ4n) is 2.84. The van der Waals surface area contributed by atoms with Crippen LogP contribution in [0.2, 0.25) is 0 Å². The van der Waals surface area contributed by atoms with Crippen LogP contribution < -0.4 is 5.32 Å². The third kappa shape index (κ3) is 4.46. The van der Waals surface area contributed by atoms with Crippen LogP contribution in [-0.2, 0) is 28.0 Å². The maximum Gasteiger partial charge on any atom is 0.224 e. The highest BCUT2D eigenvalue weighted by molar-refractivity contribution is 7.10. The number of thiophene rings is 1. The van der Waals surface area contributed by atoms with Crippen molar-refractivity contribution in [2.45, 2.75) is 52.0 Å². The summed E-state index contributed by atoms with van der Waals surface area (Å²) in [4.78, 5) is 36.2. The molecule has 2 aromatic rings. The Hall–Kier alpha value is -2.28. The molecule has 6 nitrogen and oxygen atoms in total. The van der Waals surface area contributed by atoms with E-state index in [0.29, 0.717) is 12.2 Å². The maximum atomic E-state index is 12.4. The summed E-state index contributed by atoms with van der Waals surface area (Å²) in [5, 5.41) is 4.83. The molecule has 0 saturated carbocycles. The lowest BCUT2D eigenvalue weighted by molar-refractivity contribution is -0.133. The summed E-state index contributed by atoms with van der Waals surface area (Å²) in [6, 6.07) is 2.08. The van der Waals surface area contributed by atoms with Gasteiger partial charge in [0.25, 0.3) is 0 Å². The van der Waals surface area contributed by atoms with E-state index in [1.807, 2.05) is 25.7 Å². The second-order valence-corrected chi connectivity index (χ2v) is 8.53. The summed E-state index contributed by atoms with van der Waals surface area (Å²) in [6.07, 6.45) is 4.49. The van der Waals surface area contributed by atoms with E-state index >= 15 is 0 Å². The van der Waals surface area contributed by atoms with Crippen LogP contribution in [0, 0.1) is 0 Å². The van der Waals surface area contributed by atoms with Crippen molar-refractivity contribution in [3.63, 3.8) is 0 Å². The van der Waals surface area contributed by atoms with Crippen molar-refractivity contribution in [1.82, 2.24) is 14.9 Å². The van der Waals surface area contributed by atoms with Crippen molar-refractivity contribution in [3.05, 3.63) is 40.1 Å². The van der Waals surface area contributed by atoms with E-state index in [9.17, 15) is 9.59 Å². The molecular formula is C19H24N4O2S. The number of amides is 2. The minimum absolute atomic E-state index is 0.0244. The van der Waals surface area contributed by atoms with Crippen molar-refractivity contribution < 1.29 is 9.59 Å². The first kappa shape index (κ1) is 18.5. The first-order chi connectivity index (χ1) is 12.3. The fraction of sp³-hybridized carbons (Fsp3) is 0.474. The van der Waals surface area contributed by atoms with Gasteiger partial charge in [0.05, 0.1) is 18.1 Å². The van der Waals surface area contributed by atoms with Gasteiger partial charge in [-0.3, -0.25) is 9.59 Å². The maximum absolute atomic E-state index is 12.4. The molecule has 0 aromatic carbocycles. The van der Waals surface area contributed by atoms with E-state index in [1.165, 1.54) is 10.4 Å². The van der Waals surface area contributed by atoms with Crippen molar-refractivity contribution in [2.24, 2.45) is 0 Å². The first-order valence-electron chi connectivity index (χ1n) is 8.78. The third-order valence-electron chi connectivity index (χ3n) is 4.33. The first-order valence-corrected chi connectivity index (χ1v) is 9.66. The molecule has 7 heteroatoms. The number of fused-ring (bicyclic) bond motifs is 1. The number of aromatic nitrogens is 2. The lowest BCUT2D eigenvalue weighted by atomic mass is 9.96. The molecule has 1 aliphatic rings. The van der Waals surface area contributed by atoms with E-state index in [1.54, 1.807) is 23.7 Å². The lowest BCUT2D eigenvalue weighted by Gasteiger charge is -2.27. The molecule has 0 fully saturated rings. The zero-order valence-corrected chi connectivity index (χ0v) is 16.2. The SMILES string of the molecule is CC(C)(C)c1ncc(NC(=O)CCC(=O)N2CCc3sccc3C2)cn1. The standard InChI is InChI=1S/C19H24N4O2S/c1-19(2,3)18-20-10-14(11-21-18)22-16(24)4-5-17(25)23-8-6-15-13(12-23)7-9-26-15/h7,9-11H,4-6,8,12H2,1-3H3,(H,22,24). The van der Waals surface area contributed by atoms with Gasteiger partial charge in [0, 0.05) is 36.2 Å². The molecule has 0 saturated heterocycles. The van der Waals surface area contributed by atoms with Gasteiger partial charge < -0.3 is 10.2 Å². The fourth-order valence-corrected chi connectivity index (χ4v) is 3.73. The average Bonchev–Trinajstić information content (AvgIpc) is 3.07. The van der Waals surface area contributed by atoms with E-state index < -0.39 is 0 Å². The van der Waals surface area contributed by atoms with Gasteiger partial charge in [-0.25, -0.2) is 9.97 Å². The van der Waals surface area contributed by atoms with Gasteiger partial charge in [-0.2, -0.15) is 0 Å². The van der Waals surface area contributed by atoms with Crippen LogP contribution in [0.1, 0.15) is 49.9 Å². The summed E-state index contributed by atoms with van der Waals surface area (Å²) < 4.78 is 0. The van der Waals surface area contributed by atoms with Crippen LogP contribution in [0.3, 0.4) is 0 Å². The van der Waals surface area contributed by atoms with Crippen LogP contribution in [0.15, 0.2) is 23.8 Å². The molecule has 26 heavy (non-hydrogen) atoms. The predicted molar refractivity (Wildman–Crippen MR) is 102 cm³/mol. The number of hydrogen-bond acceptors (Lipinski definition) is 5. The smallest absolute Gasteiger partial charge is 0.224 e. The Bertz CT molecular complexity index is 793. The Balaban J connectivity index is 1.47. The molecule has 0 radical (unpaired) electrons. The number of nitrogens with zero attached hydrogens (tertiary/aromatic N) is 3. The molecule has 2 aromatic heterocycles. The molecule has 3 rings (SSSR count). The summed E-state index contributed by atoms with van der Waals surface area (Å²) in [5.41, 5.74) is 1.65. The lowest BCUT2D eigenvalue weighted by Crippen LogP contribution is -2.35. The normalized spacial score (nSPS) is 14.0. The molecule has 0 aliphatic carbocycles. The zero-order chi connectivity index (χ0) is 18.7. The quantitative estimate of drug-likeness (QED) is 0.895. The van der Waals surface area contributed by atoms with Gasteiger partial charge in [-0.05, 0) is 23.4 Å². The van der Waals surface area contributed by atoms with Gasteiger partial charge >= 0.3 is 0 Å². The highest BCUT2D eigenvalue weighted by atomic mass is 32.1. The van der Waals surface area contributed by atoms with Gasteiger partial charge in [0.15, 0.2) is 0 Å². The number of nitrogens with one attached hydrogen (secondary N) is 1. The summed E-state index contributed by atoms with van der Waals surface area (Å²) in [7, 11) is 0. The number of carbonyl (C=O) groups excluding carboxylic acids is 2. The molecule has 0 bridgehead atoms. The Morgan fingerprint density at radius 3 is 2.65 bits per heavy atom. The second kappa shape index (κ2) is 7.53. The van der Waals surface area contributed by atoms with Crippen molar-refractivity contribution >= 4 is 28.8 Å². The Labute approximate surface area is 157 Å². The van der Waals surface area contributed by atoms with E-state index in [0.717, 1.165) is 18.8 Å².